The molecule has 0 aromatic carbocycles. The average Bonchev–Trinajstić information content (AvgIpc) is 3.15. The van der Waals surface area contributed by atoms with E-state index >= 15 is 0 Å². The molecule has 4 heteroatoms. The summed E-state index contributed by atoms with van der Waals surface area (Å²) in [7, 11) is 0. The Balaban J connectivity index is 1.30. The van der Waals surface area contributed by atoms with Crippen molar-refractivity contribution in [1.29, 1.82) is 0 Å². The van der Waals surface area contributed by atoms with Gasteiger partial charge in [-0.2, -0.15) is 0 Å². The molecule has 2 N–H and O–H groups in total. The Morgan fingerprint density at radius 1 is 1.15 bits per heavy atom. The summed E-state index contributed by atoms with van der Waals surface area (Å²) in [6.45, 7) is 1.86. The number of ether oxygens (including phenoxy) is 1. The first-order valence-corrected chi connectivity index (χ1v) is 8.43. The van der Waals surface area contributed by atoms with Crippen LogP contribution in [0.4, 0.5) is 0 Å². The van der Waals surface area contributed by atoms with Crippen LogP contribution in [0.3, 0.4) is 0 Å². The summed E-state index contributed by atoms with van der Waals surface area (Å²) in [5, 5.41) is 6.68. The summed E-state index contributed by atoms with van der Waals surface area (Å²) in [5.41, 5.74) is 0.194. The lowest BCUT2D eigenvalue weighted by molar-refractivity contribution is -0.121. The van der Waals surface area contributed by atoms with Crippen LogP contribution in [0.2, 0.25) is 0 Å². The Labute approximate surface area is 122 Å². The molecule has 1 aliphatic heterocycles. The summed E-state index contributed by atoms with van der Waals surface area (Å²) in [5.74, 6) is 0.230. The van der Waals surface area contributed by atoms with E-state index < -0.39 is 0 Å². The minimum absolute atomic E-state index is 0.194. The second kappa shape index (κ2) is 6.44. The molecule has 1 amide bonds. The minimum atomic E-state index is 0.194. The summed E-state index contributed by atoms with van der Waals surface area (Å²) in [6.07, 6.45) is 11.4. The van der Waals surface area contributed by atoms with Crippen LogP contribution in [0.5, 0.6) is 0 Å². The van der Waals surface area contributed by atoms with E-state index in [2.05, 4.69) is 10.6 Å². The molecule has 1 unspecified atom stereocenters. The topological polar surface area (TPSA) is 50.4 Å². The molecule has 0 radical (unpaired) electrons. The van der Waals surface area contributed by atoms with Crippen LogP contribution >= 0.6 is 0 Å². The van der Waals surface area contributed by atoms with E-state index in [1.807, 2.05) is 0 Å². The normalized spacial score (nSPS) is 28.7. The first-order chi connectivity index (χ1) is 9.76. The highest BCUT2D eigenvalue weighted by molar-refractivity contribution is 5.76. The molecule has 4 nitrogen and oxygen atoms in total. The van der Waals surface area contributed by atoms with Crippen molar-refractivity contribution in [3.63, 3.8) is 0 Å². The predicted octanol–water partition coefficient (Wildman–Crippen LogP) is 2.13. The van der Waals surface area contributed by atoms with Crippen molar-refractivity contribution in [3.8, 4) is 0 Å². The van der Waals surface area contributed by atoms with Crippen LogP contribution in [0.25, 0.3) is 0 Å². The van der Waals surface area contributed by atoms with E-state index in [1.54, 1.807) is 0 Å². The molecule has 1 saturated heterocycles. The predicted molar refractivity (Wildman–Crippen MR) is 78.6 cm³/mol. The van der Waals surface area contributed by atoms with Crippen molar-refractivity contribution in [2.24, 2.45) is 0 Å². The van der Waals surface area contributed by atoms with E-state index in [1.165, 1.54) is 44.9 Å². The highest BCUT2D eigenvalue weighted by Gasteiger charge is 2.39. The number of carbonyl (C=O) groups excluding carboxylic acids is 1. The third-order valence-corrected chi connectivity index (χ3v) is 4.96. The van der Waals surface area contributed by atoms with Crippen LogP contribution in [0.15, 0.2) is 0 Å². The summed E-state index contributed by atoms with van der Waals surface area (Å²) < 4.78 is 6.05. The van der Waals surface area contributed by atoms with Gasteiger partial charge in [0.1, 0.15) is 0 Å². The lowest BCUT2D eigenvalue weighted by atomic mass is 9.89. The third-order valence-electron chi connectivity index (χ3n) is 4.96. The van der Waals surface area contributed by atoms with Gasteiger partial charge in [0.05, 0.1) is 5.60 Å². The number of nitrogens with one attached hydrogen (secondary N) is 2. The van der Waals surface area contributed by atoms with Crippen LogP contribution in [0, 0.1) is 0 Å². The Hall–Kier alpha value is -0.610. The zero-order chi connectivity index (χ0) is 13.8. The molecule has 2 aliphatic carbocycles. The standard InChI is InChI=1S/C16H28N2O2/c19-15(18-13-5-6-13)4-3-10-17-14-7-11-20-16(12-14)8-1-2-9-16/h13-14,17H,1-12H2,(H,18,19). The average molecular weight is 280 g/mol. The fourth-order valence-electron chi connectivity index (χ4n) is 3.65. The number of hydrogen-bond acceptors (Lipinski definition) is 3. The number of amides is 1. The maximum Gasteiger partial charge on any atom is 0.220 e. The van der Waals surface area contributed by atoms with Crippen molar-refractivity contribution in [2.45, 2.75) is 81.9 Å². The van der Waals surface area contributed by atoms with Crippen molar-refractivity contribution >= 4 is 5.91 Å². The smallest absolute Gasteiger partial charge is 0.220 e. The molecule has 1 heterocycles. The molecule has 3 rings (SSSR count). The zero-order valence-corrected chi connectivity index (χ0v) is 12.5. The lowest BCUT2D eigenvalue weighted by Crippen LogP contribution is -2.45. The molecule has 20 heavy (non-hydrogen) atoms. The Morgan fingerprint density at radius 3 is 2.70 bits per heavy atom. The van der Waals surface area contributed by atoms with Crippen molar-refractivity contribution in [3.05, 3.63) is 0 Å². The fourth-order valence-corrected chi connectivity index (χ4v) is 3.65. The van der Waals surface area contributed by atoms with Crippen LogP contribution in [-0.4, -0.2) is 36.7 Å². The Bertz CT molecular complexity index is 335. The third kappa shape index (κ3) is 3.95. The monoisotopic (exact) mass is 280 g/mol. The molecule has 3 aliphatic rings. The molecule has 1 spiro atoms. The first-order valence-electron chi connectivity index (χ1n) is 8.43. The first kappa shape index (κ1) is 14.3. The number of carbonyl (C=O) groups is 1. The molecule has 1 atom stereocenters. The summed E-state index contributed by atoms with van der Waals surface area (Å²) >= 11 is 0. The van der Waals surface area contributed by atoms with Crippen molar-refractivity contribution in [2.75, 3.05) is 13.2 Å². The highest BCUT2D eigenvalue weighted by atomic mass is 16.5. The Morgan fingerprint density at radius 2 is 1.95 bits per heavy atom. The number of rotatable bonds is 6. The molecule has 114 valence electrons. The van der Waals surface area contributed by atoms with Gasteiger partial charge in [0, 0.05) is 25.1 Å². The second-order valence-corrected chi connectivity index (χ2v) is 6.83. The van der Waals surface area contributed by atoms with Crippen molar-refractivity contribution in [1.82, 2.24) is 10.6 Å². The van der Waals surface area contributed by atoms with Gasteiger partial charge in [0.15, 0.2) is 0 Å². The molecule has 3 fully saturated rings. The maximum atomic E-state index is 11.6. The largest absolute Gasteiger partial charge is 0.375 e. The molecule has 2 saturated carbocycles. The van der Waals surface area contributed by atoms with Gasteiger partial charge in [-0.05, 0) is 51.5 Å². The van der Waals surface area contributed by atoms with E-state index in [-0.39, 0.29) is 11.5 Å². The second-order valence-electron chi connectivity index (χ2n) is 6.83. The van der Waals surface area contributed by atoms with Gasteiger partial charge >= 0.3 is 0 Å². The Kier molecular flexibility index (Phi) is 4.61. The number of hydrogen-bond donors (Lipinski definition) is 2. The maximum absolute atomic E-state index is 11.6. The summed E-state index contributed by atoms with van der Waals surface area (Å²) in [4.78, 5) is 11.6. The van der Waals surface area contributed by atoms with Crippen LogP contribution in [-0.2, 0) is 9.53 Å². The van der Waals surface area contributed by atoms with E-state index in [4.69, 9.17) is 4.74 Å². The molecular formula is C16H28N2O2. The van der Waals surface area contributed by atoms with Gasteiger partial charge in [0.25, 0.3) is 0 Å². The molecule has 0 aromatic rings. The lowest BCUT2D eigenvalue weighted by Gasteiger charge is -2.38. The zero-order valence-electron chi connectivity index (χ0n) is 12.5. The van der Waals surface area contributed by atoms with Crippen molar-refractivity contribution < 1.29 is 9.53 Å². The molecule has 0 aromatic heterocycles. The van der Waals surface area contributed by atoms with Crippen LogP contribution < -0.4 is 10.6 Å². The van der Waals surface area contributed by atoms with Gasteiger partial charge in [-0.25, -0.2) is 0 Å². The van der Waals surface area contributed by atoms with E-state index in [9.17, 15) is 4.79 Å². The van der Waals surface area contributed by atoms with Gasteiger partial charge in [0.2, 0.25) is 5.91 Å². The molecule has 0 bridgehead atoms. The quantitative estimate of drug-likeness (QED) is 0.733. The minimum Gasteiger partial charge on any atom is -0.375 e. The molecular weight excluding hydrogens is 252 g/mol. The SMILES string of the molecule is O=C(CCCNC1CCOC2(CCCC2)C1)NC1CC1. The highest BCUT2D eigenvalue weighted by Crippen LogP contribution is 2.39. The van der Waals surface area contributed by atoms with Gasteiger partial charge < -0.3 is 15.4 Å². The summed E-state index contributed by atoms with van der Waals surface area (Å²) in [6, 6.07) is 1.08. The van der Waals surface area contributed by atoms with E-state index in [0.717, 1.165) is 26.0 Å². The van der Waals surface area contributed by atoms with Gasteiger partial charge in [-0.1, -0.05) is 12.8 Å². The van der Waals surface area contributed by atoms with Gasteiger partial charge in [-0.15, -0.1) is 0 Å². The van der Waals surface area contributed by atoms with Gasteiger partial charge in [-0.3, -0.25) is 4.79 Å². The van der Waals surface area contributed by atoms with Crippen LogP contribution in [0.1, 0.15) is 64.2 Å². The fraction of sp³-hybridized carbons (Fsp3) is 0.938. The van der Waals surface area contributed by atoms with E-state index in [0.29, 0.717) is 18.5 Å².